The number of para-hydroxylation sites is 2. The van der Waals surface area contributed by atoms with Gasteiger partial charge in [-0.3, -0.25) is 9.69 Å². The van der Waals surface area contributed by atoms with Crippen LogP contribution in [-0.4, -0.2) is 29.8 Å². The van der Waals surface area contributed by atoms with Gasteiger partial charge < -0.3 is 37.2 Å². The van der Waals surface area contributed by atoms with Gasteiger partial charge in [0.2, 0.25) is 0 Å². The molecule has 0 bridgehead atoms. The smallest absolute Gasteiger partial charge is 1.00 e. The summed E-state index contributed by atoms with van der Waals surface area (Å²) in [7, 11) is 0. The van der Waals surface area contributed by atoms with E-state index in [9.17, 15) is 4.79 Å². The van der Waals surface area contributed by atoms with E-state index in [0.717, 1.165) is 21.2 Å². The molecule has 0 aromatic heterocycles. The summed E-state index contributed by atoms with van der Waals surface area (Å²) in [6.45, 7) is 0. The van der Waals surface area contributed by atoms with Gasteiger partial charge in [-0.15, -0.1) is 0 Å². The van der Waals surface area contributed by atoms with Crippen molar-refractivity contribution in [3.05, 3.63) is 48.5 Å². The van der Waals surface area contributed by atoms with Crippen molar-refractivity contribution in [1.29, 1.82) is 0 Å². The third-order valence-electron chi connectivity index (χ3n) is 2.61. The molecule has 0 saturated carbocycles. The first-order chi connectivity index (χ1) is 8.27. The number of halogens is 4. The van der Waals surface area contributed by atoms with Gasteiger partial charge in [0.25, 0.3) is 0 Å². The van der Waals surface area contributed by atoms with E-state index >= 15 is 0 Å². The first-order valence-electron chi connectivity index (χ1n) is 5.13. The first-order valence-corrected chi connectivity index (χ1v) is 6.32. The number of carbonyl (C=O) groups is 1. The summed E-state index contributed by atoms with van der Waals surface area (Å²) in [5, 5.41) is -0.481. The summed E-state index contributed by atoms with van der Waals surface area (Å²) < 4.78 is 0. The Hall–Kier alpha value is 0.238. The van der Waals surface area contributed by atoms with Crippen molar-refractivity contribution in [2.75, 3.05) is 4.90 Å². The van der Waals surface area contributed by atoms with Gasteiger partial charge in [-0.2, -0.15) is 0 Å². The van der Waals surface area contributed by atoms with Gasteiger partial charge in [0, 0.05) is 9.79 Å². The average molecular weight is 490 g/mol. The van der Waals surface area contributed by atoms with Gasteiger partial charge in [-0.05, 0) is 35.9 Å². The second-order valence-electron chi connectivity index (χ2n) is 3.63. The zero-order chi connectivity index (χ0) is 11.8. The number of amides is 1. The number of fused-ring (bicyclic) bond motifs is 2. The molecule has 0 unspecified atom stereocenters. The molecule has 8 heteroatoms. The Kier molecular flexibility index (Phi) is 11.3. The summed E-state index contributed by atoms with van der Waals surface area (Å²) in [6, 6.07) is 15.5. The van der Waals surface area contributed by atoms with Crippen LogP contribution < -0.4 is 42.1 Å². The number of hydrogen-bond donors (Lipinski definition) is 0. The molecule has 2 nitrogen and oxygen atoms in total. The molecule has 0 N–H and O–H groups in total. The molecule has 0 spiro atoms. The van der Waals surface area contributed by atoms with Gasteiger partial charge in [0.15, 0.2) is 0 Å². The molecule has 1 aliphatic heterocycles. The molecule has 2 aromatic rings. The van der Waals surface area contributed by atoms with Crippen molar-refractivity contribution in [2.45, 2.75) is 9.79 Å². The van der Waals surface area contributed by atoms with Crippen LogP contribution in [0, 0.1) is 0 Å². The fourth-order valence-electron chi connectivity index (χ4n) is 1.89. The van der Waals surface area contributed by atoms with Crippen LogP contribution in [0.5, 0.6) is 0 Å². The van der Waals surface area contributed by atoms with Crippen LogP contribution in [0.1, 0.15) is 0 Å². The Morgan fingerprint density at radius 1 is 0.857 bits per heavy atom. The minimum absolute atomic E-state index is 0. The molecule has 1 aliphatic rings. The van der Waals surface area contributed by atoms with Gasteiger partial charge in [0.1, 0.15) is 0 Å². The van der Waals surface area contributed by atoms with Crippen molar-refractivity contribution in [1.82, 2.24) is 0 Å². The summed E-state index contributed by atoms with van der Waals surface area (Å²) in [5.74, 6) is 0. The maximum absolute atomic E-state index is 11.6. The maximum Gasteiger partial charge on any atom is 3.00 e. The van der Waals surface area contributed by atoms with Crippen LogP contribution in [-0.2, 0) is 0 Å². The standard InChI is InChI=1S/C13H8ClNOS.3ClH.Sb/c14-13(16)15-9-5-1-3-7-11(9)17-12-8-4-2-6-10(12)15;;;;/h1-8H;3*1H;/q;;;;+3/p-3. The van der Waals surface area contributed by atoms with Gasteiger partial charge >= 0.3 is 29.8 Å². The van der Waals surface area contributed by atoms with Gasteiger partial charge in [-0.1, -0.05) is 36.0 Å². The van der Waals surface area contributed by atoms with Crippen LogP contribution in [0.25, 0.3) is 0 Å². The summed E-state index contributed by atoms with van der Waals surface area (Å²) in [4.78, 5) is 15.2. The predicted molar refractivity (Wildman–Crippen MR) is 76.1 cm³/mol. The van der Waals surface area contributed by atoms with Gasteiger partial charge in [-0.25, -0.2) is 0 Å². The zero-order valence-corrected chi connectivity index (χ0v) is 16.7. The fraction of sp³-hybridized carbons (Fsp3) is 0. The van der Waals surface area contributed by atoms with E-state index in [0.29, 0.717) is 0 Å². The predicted octanol–water partition coefficient (Wildman–Crippen LogP) is -4.72. The quantitative estimate of drug-likeness (QED) is 0.211. The summed E-state index contributed by atoms with van der Waals surface area (Å²) >= 11 is 7.34. The zero-order valence-electron chi connectivity index (χ0n) is 10.3. The largest absolute Gasteiger partial charge is 3.00 e. The number of benzene rings is 2. The molecule has 110 valence electrons. The van der Waals surface area contributed by atoms with Crippen molar-refractivity contribution in [3.63, 3.8) is 0 Å². The number of hydrogen-bond acceptors (Lipinski definition) is 2. The van der Waals surface area contributed by atoms with Crippen molar-refractivity contribution >= 4 is 64.5 Å². The van der Waals surface area contributed by atoms with Crippen molar-refractivity contribution in [2.24, 2.45) is 0 Å². The summed E-state index contributed by atoms with van der Waals surface area (Å²) in [6.07, 6.45) is 0. The first kappa shape index (κ1) is 23.5. The second-order valence-corrected chi connectivity index (χ2v) is 5.03. The monoisotopic (exact) mass is 487 g/mol. The van der Waals surface area contributed by atoms with E-state index < -0.39 is 5.37 Å². The van der Waals surface area contributed by atoms with Crippen LogP contribution >= 0.6 is 23.4 Å². The molecular weight excluding hydrogens is 482 g/mol. The normalized spacial score (nSPS) is 10.4. The summed E-state index contributed by atoms with van der Waals surface area (Å²) in [5.41, 5.74) is 1.69. The molecule has 2 radical (unpaired) electrons. The molecule has 2 aromatic carbocycles. The third kappa shape index (κ3) is 4.60. The molecule has 1 heterocycles. The molecule has 1 amide bonds. The Balaban J connectivity index is 0. The minimum Gasteiger partial charge on any atom is -1.00 e. The fourth-order valence-corrected chi connectivity index (χ4v) is 3.13. The van der Waals surface area contributed by atoms with Gasteiger partial charge in [0.05, 0.1) is 11.4 Å². The number of carbonyl (C=O) groups excluding carboxylic acids is 1. The molecule has 0 fully saturated rings. The maximum atomic E-state index is 11.6. The Morgan fingerprint density at radius 2 is 1.24 bits per heavy atom. The molecule has 0 saturated heterocycles. The SMILES string of the molecule is O=C(Cl)N1c2ccccc2Sc2ccccc21.[Cl-].[Cl-].[Cl-].[Sb+3]. The topological polar surface area (TPSA) is 20.3 Å². The Labute approximate surface area is 168 Å². The van der Waals surface area contributed by atoms with Crippen LogP contribution in [0.2, 0.25) is 0 Å². The van der Waals surface area contributed by atoms with E-state index in [1.165, 1.54) is 0 Å². The number of nitrogens with zero attached hydrogens (tertiary/aromatic N) is 1. The third-order valence-corrected chi connectivity index (χ3v) is 3.91. The number of rotatable bonds is 0. The number of anilines is 2. The van der Waals surface area contributed by atoms with Crippen molar-refractivity contribution < 1.29 is 42.0 Å². The van der Waals surface area contributed by atoms with E-state index in [1.807, 2.05) is 48.5 Å². The van der Waals surface area contributed by atoms with Crippen molar-refractivity contribution in [3.8, 4) is 0 Å². The Bertz CT molecular complexity index is 569. The van der Waals surface area contributed by atoms with Crippen LogP contribution in [0.15, 0.2) is 58.3 Å². The molecular formula is C13H8Cl4NOSSb. The van der Waals surface area contributed by atoms with E-state index in [2.05, 4.69) is 0 Å². The molecule has 0 atom stereocenters. The van der Waals surface area contributed by atoms with E-state index in [-0.39, 0.29) is 61.6 Å². The van der Waals surface area contributed by atoms with Crippen LogP contribution in [0.3, 0.4) is 0 Å². The van der Waals surface area contributed by atoms with E-state index in [4.69, 9.17) is 11.6 Å². The molecule has 3 rings (SSSR count). The Morgan fingerprint density at radius 3 is 1.62 bits per heavy atom. The molecule has 21 heavy (non-hydrogen) atoms. The van der Waals surface area contributed by atoms with Crippen LogP contribution in [0.4, 0.5) is 16.2 Å². The second kappa shape index (κ2) is 10.1. The van der Waals surface area contributed by atoms with E-state index in [1.54, 1.807) is 16.7 Å². The average Bonchev–Trinajstić information content (AvgIpc) is 2.35. The minimum atomic E-state index is -0.481. The molecule has 0 aliphatic carbocycles.